The Morgan fingerprint density at radius 3 is 2.15 bits per heavy atom. The van der Waals surface area contributed by atoms with Gasteiger partial charge in [0.2, 0.25) is 0 Å². The van der Waals surface area contributed by atoms with Crippen LogP contribution in [-0.4, -0.2) is 37.4 Å². The predicted molar refractivity (Wildman–Crippen MR) is 116 cm³/mol. The highest BCUT2D eigenvalue weighted by atomic mass is 79.9. The van der Waals surface area contributed by atoms with E-state index in [2.05, 4.69) is 81.6 Å². The third-order valence-corrected chi connectivity index (χ3v) is 7.12. The fourth-order valence-corrected chi connectivity index (χ4v) is 5.61. The zero-order valence-electron chi connectivity index (χ0n) is 14.9. The summed E-state index contributed by atoms with van der Waals surface area (Å²) >= 11 is 5.23. The smallest absolute Gasteiger partial charge is 0.140 e. The summed E-state index contributed by atoms with van der Waals surface area (Å²) in [7, 11) is 0. The Morgan fingerprint density at radius 2 is 1.56 bits per heavy atom. The van der Waals surface area contributed by atoms with Gasteiger partial charge in [0.05, 0.1) is 36.2 Å². The summed E-state index contributed by atoms with van der Waals surface area (Å²) in [6, 6.07) is 22.5. The van der Waals surface area contributed by atoms with Gasteiger partial charge in [0, 0.05) is 16.0 Å². The lowest BCUT2D eigenvalue weighted by Crippen LogP contribution is -3.14. The van der Waals surface area contributed by atoms with Crippen LogP contribution in [0.3, 0.4) is 0 Å². The topological polar surface area (TPSA) is 20.0 Å². The Morgan fingerprint density at radius 1 is 0.926 bits per heavy atom. The maximum Gasteiger partial charge on any atom is 0.140 e. The number of hydrazone groups is 1. The van der Waals surface area contributed by atoms with Crippen molar-refractivity contribution in [3.63, 3.8) is 0 Å². The largest absolute Gasteiger partial charge is 0.322 e. The number of rotatable bonds is 3. The van der Waals surface area contributed by atoms with E-state index in [0.717, 1.165) is 30.0 Å². The van der Waals surface area contributed by atoms with Gasteiger partial charge in [-0.1, -0.05) is 48.5 Å². The molecule has 1 aliphatic heterocycles. The first-order valence-electron chi connectivity index (χ1n) is 9.37. The highest BCUT2D eigenvalue weighted by molar-refractivity contribution is 9.11. The molecule has 5 heteroatoms. The molecule has 5 rings (SSSR count). The average Bonchev–Trinajstić information content (AvgIpc) is 3.28. The maximum atomic E-state index is 4.70. The van der Waals surface area contributed by atoms with Gasteiger partial charge in [0.1, 0.15) is 6.04 Å². The highest BCUT2D eigenvalue weighted by Crippen LogP contribution is 2.41. The van der Waals surface area contributed by atoms with E-state index in [4.69, 9.17) is 5.10 Å². The summed E-state index contributed by atoms with van der Waals surface area (Å²) in [5, 5.41) is 6.91. The summed E-state index contributed by atoms with van der Waals surface area (Å²) in [4.78, 5) is 2.84. The van der Waals surface area contributed by atoms with Crippen molar-refractivity contribution < 1.29 is 4.90 Å². The van der Waals surface area contributed by atoms with Crippen LogP contribution in [0.15, 0.2) is 69.6 Å². The molecule has 1 fully saturated rings. The van der Waals surface area contributed by atoms with Crippen molar-refractivity contribution in [3.05, 3.63) is 80.5 Å². The van der Waals surface area contributed by atoms with E-state index in [0.29, 0.717) is 6.04 Å². The molecule has 1 aliphatic carbocycles. The molecular weight excluding hydrogens is 418 g/mol. The Balaban J connectivity index is 1.33. The number of hydrogen-bond donors (Lipinski definition) is 1. The van der Waals surface area contributed by atoms with Gasteiger partial charge in [-0.3, -0.25) is 5.01 Å². The number of nitrogens with zero attached hydrogens (tertiary/aromatic N) is 2. The fraction of sp³-hybridized carbons (Fsp3) is 0.227. The maximum absolute atomic E-state index is 4.70. The monoisotopic (exact) mass is 438 g/mol. The zero-order chi connectivity index (χ0) is 18.2. The first-order chi connectivity index (χ1) is 13.3. The third kappa shape index (κ3) is 3.24. The van der Waals surface area contributed by atoms with Crippen molar-refractivity contribution in [2.75, 3.05) is 26.2 Å². The predicted octanol–water partition coefficient (Wildman–Crippen LogP) is 3.82. The van der Waals surface area contributed by atoms with Gasteiger partial charge in [-0.2, -0.15) is 5.10 Å². The second kappa shape index (κ2) is 7.23. The third-order valence-electron chi connectivity index (χ3n) is 5.57. The fourth-order valence-electron chi connectivity index (χ4n) is 4.32. The second-order valence-corrected chi connectivity index (χ2v) is 9.60. The second-order valence-electron chi connectivity index (χ2n) is 7.11. The molecule has 0 spiro atoms. The van der Waals surface area contributed by atoms with Crippen LogP contribution >= 0.6 is 27.3 Å². The minimum atomic E-state index is 0.455. The van der Waals surface area contributed by atoms with Gasteiger partial charge in [-0.25, -0.2) is 0 Å². The molecule has 1 N–H and O–H groups in total. The van der Waals surface area contributed by atoms with Crippen LogP contribution in [0.5, 0.6) is 0 Å². The molecule has 27 heavy (non-hydrogen) atoms. The highest BCUT2D eigenvalue weighted by Gasteiger charge is 2.37. The van der Waals surface area contributed by atoms with E-state index in [-0.39, 0.29) is 0 Å². The van der Waals surface area contributed by atoms with Crippen LogP contribution in [-0.2, 0) is 0 Å². The van der Waals surface area contributed by atoms with Crippen molar-refractivity contribution in [2.24, 2.45) is 5.10 Å². The summed E-state index contributed by atoms with van der Waals surface area (Å²) in [6.45, 7) is 4.22. The SMILES string of the molecule is Brc1ccc(C=NN2CC[NH+](C3c4ccccc4-c4ccccc43)CC2)s1. The Kier molecular flexibility index (Phi) is 4.60. The van der Waals surface area contributed by atoms with Crippen LogP contribution < -0.4 is 4.90 Å². The molecule has 2 heterocycles. The van der Waals surface area contributed by atoms with Gasteiger partial charge >= 0.3 is 0 Å². The lowest BCUT2D eigenvalue weighted by molar-refractivity contribution is -0.929. The van der Waals surface area contributed by atoms with E-state index in [9.17, 15) is 0 Å². The van der Waals surface area contributed by atoms with Crippen molar-refractivity contribution in [2.45, 2.75) is 6.04 Å². The molecule has 0 saturated carbocycles. The molecule has 0 bridgehead atoms. The number of hydrogen-bond acceptors (Lipinski definition) is 3. The molecule has 0 amide bonds. The van der Waals surface area contributed by atoms with E-state index in [1.165, 1.54) is 27.1 Å². The Bertz CT molecular complexity index is 943. The summed E-state index contributed by atoms with van der Waals surface area (Å²) in [5.41, 5.74) is 5.78. The Labute approximate surface area is 172 Å². The van der Waals surface area contributed by atoms with Crippen molar-refractivity contribution in [3.8, 4) is 11.1 Å². The van der Waals surface area contributed by atoms with Crippen LogP contribution in [0.25, 0.3) is 11.1 Å². The van der Waals surface area contributed by atoms with Crippen LogP contribution in [0.4, 0.5) is 0 Å². The number of halogens is 1. The Hall–Kier alpha value is -1.95. The van der Waals surface area contributed by atoms with E-state index < -0.39 is 0 Å². The number of fused-ring (bicyclic) bond motifs is 3. The quantitative estimate of drug-likeness (QED) is 0.616. The number of benzene rings is 2. The molecule has 3 aromatic rings. The summed E-state index contributed by atoms with van der Waals surface area (Å²) in [6.07, 6.45) is 1.99. The number of thiophene rings is 1. The van der Waals surface area contributed by atoms with Gasteiger partial charge in [-0.15, -0.1) is 11.3 Å². The van der Waals surface area contributed by atoms with Gasteiger partial charge in [0.25, 0.3) is 0 Å². The van der Waals surface area contributed by atoms with Crippen LogP contribution in [0.1, 0.15) is 22.0 Å². The number of quaternary nitrogens is 1. The minimum Gasteiger partial charge on any atom is -0.322 e. The van der Waals surface area contributed by atoms with Crippen molar-refractivity contribution in [1.82, 2.24) is 5.01 Å². The molecule has 0 unspecified atom stereocenters. The summed E-state index contributed by atoms with van der Waals surface area (Å²) < 4.78 is 1.15. The first-order valence-corrected chi connectivity index (χ1v) is 11.0. The lowest BCUT2D eigenvalue weighted by atomic mass is 10.0. The number of piperazine rings is 1. The van der Waals surface area contributed by atoms with Crippen LogP contribution in [0.2, 0.25) is 0 Å². The summed E-state index contributed by atoms with van der Waals surface area (Å²) in [5.74, 6) is 0. The molecule has 2 aromatic carbocycles. The molecule has 1 saturated heterocycles. The van der Waals surface area contributed by atoms with Gasteiger partial charge in [0.15, 0.2) is 0 Å². The molecule has 3 nitrogen and oxygen atoms in total. The first kappa shape index (κ1) is 17.2. The molecule has 1 aromatic heterocycles. The molecule has 136 valence electrons. The van der Waals surface area contributed by atoms with Crippen molar-refractivity contribution in [1.29, 1.82) is 0 Å². The zero-order valence-corrected chi connectivity index (χ0v) is 17.3. The van der Waals surface area contributed by atoms with E-state index in [1.807, 2.05) is 6.21 Å². The minimum absolute atomic E-state index is 0.455. The van der Waals surface area contributed by atoms with Crippen LogP contribution in [0, 0.1) is 0 Å². The van der Waals surface area contributed by atoms with E-state index >= 15 is 0 Å². The lowest BCUT2D eigenvalue weighted by Gasteiger charge is -2.34. The molecule has 2 aliphatic rings. The average molecular weight is 439 g/mol. The molecular formula is C22H21BrN3S+. The number of nitrogens with one attached hydrogen (secondary N) is 1. The normalized spacial score (nSPS) is 17.4. The van der Waals surface area contributed by atoms with Crippen molar-refractivity contribution >= 4 is 33.5 Å². The standard InChI is InChI=1S/C22H20BrN3S/c23-21-10-9-16(27-21)15-24-26-13-11-25(12-14-26)22-19-7-3-1-5-17(19)18-6-2-4-8-20(18)22/h1-10,15,22H,11-14H2/p+1. The molecule has 0 radical (unpaired) electrons. The van der Waals surface area contributed by atoms with Gasteiger partial charge < -0.3 is 4.90 Å². The van der Waals surface area contributed by atoms with E-state index in [1.54, 1.807) is 16.2 Å². The van der Waals surface area contributed by atoms with Gasteiger partial charge in [-0.05, 0) is 39.2 Å². The molecule has 0 atom stereocenters.